The molecule has 0 aliphatic carbocycles. The van der Waals surface area contributed by atoms with Crippen LogP contribution in [0.25, 0.3) is 10.8 Å². The third kappa shape index (κ3) is 2.73. The normalized spacial score (nSPS) is 10.7. The molecule has 0 bridgehead atoms. The fourth-order valence-electron chi connectivity index (χ4n) is 2.19. The number of nitrogens with zero attached hydrogens (tertiary/aromatic N) is 1. The van der Waals surface area contributed by atoms with Gasteiger partial charge in [0.15, 0.2) is 0 Å². The summed E-state index contributed by atoms with van der Waals surface area (Å²) in [5, 5.41) is 17.5. The SMILES string of the molecule is Cc1nc(CNC(=O)c2ccc3ccccc3c2O)cs1. The van der Waals surface area contributed by atoms with Crippen molar-refractivity contribution in [1.29, 1.82) is 0 Å². The monoisotopic (exact) mass is 298 g/mol. The molecule has 0 aliphatic rings. The highest BCUT2D eigenvalue weighted by Gasteiger charge is 2.13. The molecular formula is C16H14N2O2S. The van der Waals surface area contributed by atoms with Gasteiger partial charge < -0.3 is 10.4 Å². The van der Waals surface area contributed by atoms with Gasteiger partial charge in [0.05, 0.1) is 22.8 Å². The minimum Gasteiger partial charge on any atom is -0.506 e. The number of amides is 1. The van der Waals surface area contributed by atoms with E-state index in [1.165, 1.54) is 0 Å². The first-order chi connectivity index (χ1) is 10.1. The molecule has 4 nitrogen and oxygen atoms in total. The molecule has 0 radical (unpaired) electrons. The van der Waals surface area contributed by atoms with Crippen LogP contribution in [0.3, 0.4) is 0 Å². The number of hydrogen-bond acceptors (Lipinski definition) is 4. The van der Waals surface area contributed by atoms with Crippen molar-refractivity contribution in [3.8, 4) is 5.75 Å². The highest BCUT2D eigenvalue weighted by molar-refractivity contribution is 7.09. The molecule has 0 saturated heterocycles. The summed E-state index contributed by atoms with van der Waals surface area (Å²) in [4.78, 5) is 16.5. The Balaban J connectivity index is 1.82. The summed E-state index contributed by atoms with van der Waals surface area (Å²) in [6, 6.07) is 10.9. The molecule has 5 heteroatoms. The Morgan fingerprint density at radius 3 is 2.86 bits per heavy atom. The number of phenolic OH excluding ortho intramolecular Hbond substituents is 1. The Morgan fingerprint density at radius 1 is 1.29 bits per heavy atom. The molecule has 1 amide bonds. The number of thiazole rings is 1. The molecule has 0 atom stereocenters. The van der Waals surface area contributed by atoms with Gasteiger partial charge in [-0.2, -0.15) is 0 Å². The number of aromatic nitrogens is 1. The number of fused-ring (bicyclic) bond motifs is 1. The molecule has 2 aromatic carbocycles. The molecule has 1 heterocycles. The zero-order chi connectivity index (χ0) is 14.8. The Labute approximate surface area is 126 Å². The summed E-state index contributed by atoms with van der Waals surface area (Å²) >= 11 is 1.55. The van der Waals surface area contributed by atoms with E-state index >= 15 is 0 Å². The van der Waals surface area contributed by atoms with E-state index in [1.54, 1.807) is 23.5 Å². The van der Waals surface area contributed by atoms with Crippen molar-refractivity contribution in [3.63, 3.8) is 0 Å². The summed E-state index contributed by atoms with van der Waals surface area (Å²) in [5.74, 6) is -0.288. The van der Waals surface area contributed by atoms with Gasteiger partial charge in [-0.15, -0.1) is 11.3 Å². The van der Waals surface area contributed by atoms with Crippen molar-refractivity contribution in [1.82, 2.24) is 10.3 Å². The van der Waals surface area contributed by atoms with Crippen molar-refractivity contribution in [2.24, 2.45) is 0 Å². The number of carbonyl (C=O) groups excluding carboxylic acids is 1. The minimum absolute atomic E-state index is 0.0139. The van der Waals surface area contributed by atoms with Crippen LogP contribution in [0.2, 0.25) is 0 Å². The van der Waals surface area contributed by atoms with Crippen LogP contribution in [0.1, 0.15) is 21.1 Å². The quantitative estimate of drug-likeness (QED) is 0.780. The number of rotatable bonds is 3. The van der Waals surface area contributed by atoms with Crippen molar-refractivity contribution < 1.29 is 9.90 Å². The van der Waals surface area contributed by atoms with E-state index in [-0.39, 0.29) is 17.2 Å². The maximum absolute atomic E-state index is 12.2. The second-order valence-electron chi connectivity index (χ2n) is 4.72. The van der Waals surface area contributed by atoms with Crippen LogP contribution in [0.5, 0.6) is 5.75 Å². The number of hydrogen-bond donors (Lipinski definition) is 2. The van der Waals surface area contributed by atoms with Gasteiger partial charge >= 0.3 is 0 Å². The van der Waals surface area contributed by atoms with Gasteiger partial charge in [0.1, 0.15) is 5.75 Å². The number of aromatic hydroxyl groups is 1. The number of benzene rings is 2. The lowest BCUT2D eigenvalue weighted by molar-refractivity contribution is 0.0948. The van der Waals surface area contributed by atoms with Gasteiger partial charge in [0.25, 0.3) is 5.91 Å². The zero-order valence-electron chi connectivity index (χ0n) is 11.5. The highest BCUT2D eigenvalue weighted by Crippen LogP contribution is 2.28. The molecule has 2 N–H and O–H groups in total. The van der Waals surface area contributed by atoms with Crippen molar-refractivity contribution in [2.45, 2.75) is 13.5 Å². The van der Waals surface area contributed by atoms with E-state index < -0.39 is 0 Å². The summed E-state index contributed by atoms with van der Waals surface area (Å²) in [6.07, 6.45) is 0. The van der Waals surface area contributed by atoms with E-state index in [0.29, 0.717) is 11.9 Å². The van der Waals surface area contributed by atoms with E-state index in [2.05, 4.69) is 10.3 Å². The Hall–Kier alpha value is -2.40. The number of aryl methyl sites for hydroxylation is 1. The first-order valence-corrected chi connectivity index (χ1v) is 7.43. The predicted octanol–water partition coefficient (Wildman–Crippen LogP) is 3.24. The van der Waals surface area contributed by atoms with Crippen LogP contribution in [-0.4, -0.2) is 16.0 Å². The van der Waals surface area contributed by atoms with E-state index in [9.17, 15) is 9.90 Å². The number of carbonyl (C=O) groups is 1. The lowest BCUT2D eigenvalue weighted by Crippen LogP contribution is -2.23. The van der Waals surface area contributed by atoms with Gasteiger partial charge in [0.2, 0.25) is 0 Å². The molecule has 3 rings (SSSR count). The van der Waals surface area contributed by atoms with E-state index in [0.717, 1.165) is 16.1 Å². The van der Waals surface area contributed by atoms with Crippen molar-refractivity contribution in [2.75, 3.05) is 0 Å². The molecule has 0 saturated carbocycles. The van der Waals surface area contributed by atoms with E-state index in [4.69, 9.17) is 0 Å². The van der Waals surface area contributed by atoms with Crippen molar-refractivity contribution in [3.05, 3.63) is 58.0 Å². The predicted molar refractivity (Wildman–Crippen MR) is 83.6 cm³/mol. The van der Waals surface area contributed by atoms with Gasteiger partial charge in [-0.1, -0.05) is 30.3 Å². The molecule has 21 heavy (non-hydrogen) atoms. The average molecular weight is 298 g/mol. The maximum Gasteiger partial charge on any atom is 0.255 e. The van der Waals surface area contributed by atoms with Crippen LogP contribution >= 0.6 is 11.3 Å². The Bertz CT molecular complexity index is 811. The van der Waals surface area contributed by atoms with Gasteiger partial charge in [-0.25, -0.2) is 4.98 Å². The number of nitrogens with one attached hydrogen (secondary N) is 1. The van der Waals surface area contributed by atoms with Gasteiger partial charge in [-0.3, -0.25) is 4.79 Å². The molecule has 0 unspecified atom stereocenters. The lowest BCUT2D eigenvalue weighted by Gasteiger charge is -2.08. The summed E-state index contributed by atoms with van der Waals surface area (Å²) < 4.78 is 0. The second kappa shape index (κ2) is 5.54. The Kier molecular flexibility index (Phi) is 3.58. The zero-order valence-corrected chi connectivity index (χ0v) is 12.3. The highest BCUT2D eigenvalue weighted by atomic mass is 32.1. The topological polar surface area (TPSA) is 62.2 Å². The molecular weight excluding hydrogens is 284 g/mol. The third-order valence-corrected chi connectivity index (χ3v) is 4.06. The smallest absolute Gasteiger partial charge is 0.255 e. The summed E-state index contributed by atoms with van der Waals surface area (Å²) in [5.41, 5.74) is 1.10. The largest absolute Gasteiger partial charge is 0.506 e. The fraction of sp³-hybridized carbons (Fsp3) is 0.125. The van der Waals surface area contributed by atoms with Crippen LogP contribution in [0, 0.1) is 6.92 Å². The third-order valence-electron chi connectivity index (χ3n) is 3.24. The molecule has 0 aliphatic heterocycles. The van der Waals surface area contributed by atoms with Crippen LogP contribution in [0.15, 0.2) is 41.8 Å². The first kappa shape index (κ1) is 13.6. The fourth-order valence-corrected chi connectivity index (χ4v) is 2.81. The van der Waals surface area contributed by atoms with E-state index in [1.807, 2.05) is 36.6 Å². The number of phenols is 1. The molecule has 0 fully saturated rings. The van der Waals surface area contributed by atoms with Crippen LogP contribution in [-0.2, 0) is 6.54 Å². The summed E-state index contributed by atoms with van der Waals surface area (Å²) in [7, 11) is 0. The van der Waals surface area contributed by atoms with Gasteiger partial charge in [0, 0.05) is 10.8 Å². The summed E-state index contributed by atoms with van der Waals surface area (Å²) in [6.45, 7) is 2.28. The van der Waals surface area contributed by atoms with Crippen LogP contribution in [0.4, 0.5) is 0 Å². The maximum atomic E-state index is 12.2. The molecule has 3 aromatic rings. The Morgan fingerprint density at radius 2 is 2.10 bits per heavy atom. The lowest BCUT2D eigenvalue weighted by atomic mass is 10.0. The van der Waals surface area contributed by atoms with Crippen molar-refractivity contribution >= 4 is 28.0 Å². The second-order valence-corrected chi connectivity index (χ2v) is 5.79. The molecule has 1 aromatic heterocycles. The average Bonchev–Trinajstić information content (AvgIpc) is 2.91. The van der Waals surface area contributed by atoms with Gasteiger partial charge in [-0.05, 0) is 18.4 Å². The molecule has 0 spiro atoms. The standard InChI is InChI=1S/C16H14N2O2S/c1-10-18-12(9-21-10)8-17-16(20)14-7-6-11-4-2-3-5-13(11)15(14)19/h2-7,9,19H,8H2,1H3,(H,17,20). The minimum atomic E-state index is -0.302. The molecule has 106 valence electrons. The first-order valence-electron chi connectivity index (χ1n) is 6.55. The van der Waals surface area contributed by atoms with Crippen LogP contribution < -0.4 is 5.32 Å².